The molecule has 0 saturated heterocycles. The summed E-state index contributed by atoms with van der Waals surface area (Å²) in [4.78, 5) is 11.4. The third-order valence-electron chi connectivity index (χ3n) is 5.99. The molecule has 0 bridgehead atoms. The largest absolute Gasteiger partial charge is 0.479 e. The van der Waals surface area contributed by atoms with Crippen LogP contribution in [0.1, 0.15) is 56.5 Å². The molecule has 0 saturated carbocycles. The van der Waals surface area contributed by atoms with Crippen LogP contribution < -0.4 is 9.64 Å². The highest BCUT2D eigenvalue weighted by atomic mass is 19.3. The first-order chi connectivity index (χ1) is 16.2. The van der Waals surface area contributed by atoms with E-state index in [0.717, 1.165) is 43.4 Å². The Kier molecular flexibility index (Phi) is 6.55. The second-order valence-electron chi connectivity index (χ2n) is 8.87. The number of aryl methyl sites for hydroxylation is 1. The van der Waals surface area contributed by atoms with E-state index in [4.69, 9.17) is 14.7 Å². The average Bonchev–Trinajstić information content (AvgIpc) is 3.26. The van der Waals surface area contributed by atoms with Gasteiger partial charge in [-0.1, -0.05) is 36.4 Å². The summed E-state index contributed by atoms with van der Waals surface area (Å²) in [5.74, 6) is -1.87. The van der Waals surface area contributed by atoms with E-state index < -0.39 is 5.92 Å². The summed E-state index contributed by atoms with van der Waals surface area (Å²) in [5, 5.41) is 0. The molecule has 1 aliphatic rings. The van der Waals surface area contributed by atoms with Gasteiger partial charge < -0.3 is 14.2 Å². The smallest absolute Gasteiger partial charge is 0.270 e. The van der Waals surface area contributed by atoms with Crippen molar-refractivity contribution in [3.8, 4) is 17.3 Å². The Morgan fingerprint density at radius 1 is 1.18 bits per heavy atom. The first-order valence-corrected chi connectivity index (χ1v) is 11.4. The normalized spacial score (nSPS) is 15.4. The van der Waals surface area contributed by atoms with Gasteiger partial charge in [-0.2, -0.15) is 0 Å². The van der Waals surface area contributed by atoms with Crippen LogP contribution in [0.5, 0.6) is 5.88 Å². The summed E-state index contributed by atoms with van der Waals surface area (Å²) in [5.41, 5.74) is 3.93. The summed E-state index contributed by atoms with van der Waals surface area (Å²) in [7, 11) is 1.58. The number of fused-ring (bicyclic) bond motifs is 1. The molecule has 0 N–H and O–H groups in total. The molecule has 1 aromatic carbocycles. The Hall–Kier alpha value is -3.48. The Labute approximate surface area is 199 Å². The number of alkyl halides is 2. The molecular weight excluding hydrogens is 434 g/mol. The Morgan fingerprint density at radius 2 is 1.94 bits per heavy atom. The molecular formula is C27H30F2N4O. The third kappa shape index (κ3) is 4.60. The summed E-state index contributed by atoms with van der Waals surface area (Å²) >= 11 is 0. The maximum absolute atomic E-state index is 14.3. The molecule has 0 fully saturated rings. The number of pyridine rings is 1. The predicted octanol–water partition coefficient (Wildman–Crippen LogP) is 6.86. The molecule has 178 valence electrons. The van der Waals surface area contributed by atoms with Crippen molar-refractivity contribution in [3.05, 3.63) is 84.1 Å². The van der Waals surface area contributed by atoms with E-state index >= 15 is 0 Å². The minimum Gasteiger partial charge on any atom is -0.479 e. The number of nitrogens with zero attached hydrogens (tertiary/aromatic N) is 4. The second-order valence-corrected chi connectivity index (χ2v) is 8.87. The summed E-state index contributed by atoms with van der Waals surface area (Å²) in [6.07, 6.45) is 7.27. The van der Waals surface area contributed by atoms with E-state index in [-0.39, 0.29) is 11.5 Å². The number of methoxy groups -OCH3 is 1. The maximum Gasteiger partial charge on any atom is 0.270 e. The number of ether oxygens (including phenoxy) is 1. The predicted molar refractivity (Wildman–Crippen MR) is 131 cm³/mol. The van der Waals surface area contributed by atoms with Gasteiger partial charge in [0, 0.05) is 43.5 Å². The molecule has 3 aromatic rings. The highest BCUT2D eigenvalue weighted by Gasteiger charge is 2.33. The van der Waals surface area contributed by atoms with Gasteiger partial charge in [0.05, 0.1) is 12.8 Å². The lowest BCUT2D eigenvalue weighted by Gasteiger charge is -2.27. The first-order valence-electron chi connectivity index (χ1n) is 11.4. The Bertz CT molecular complexity index is 1220. The number of rotatable bonds is 7. The number of hydrogen-bond acceptors (Lipinski definition) is 4. The van der Waals surface area contributed by atoms with Crippen molar-refractivity contribution in [2.75, 3.05) is 12.0 Å². The second kappa shape index (κ2) is 9.41. The van der Waals surface area contributed by atoms with Crippen molar-refractivity contribution in [2.45, 2.75) is 52.0 Å². The number of imidazole rings is 1. The van der Waals surface area contributed by atoms with E-state index in [9.17, 15) is 8.78 Å². The quantitative estimate of drug-likeness (QED) is 0.383. The first kappa shape index (κ1) is 23.7. The number of anilines is 1. The van der Waals surface area contributed by atoms with Crippen LogP contribution in [0.3, 0.4) is 0 Å². The summed E-state index contributed by atoms with van der Waals surface area (Å²) < 4.78 is 36.3. The molecule has 34 heavy (non-hydrogen) atoms. The molecule has 0 aliphatic carbocycles. The zero-order valence-corrected chi connectivity index (χ0v) is 20.1. The van der Waals surface area contributed by atoms with E-state index in [1.54, 1.807) is 25.4 Å². The lowest BCUT2D eigenvalue weighted by atomic mass is 9.86. The van der Waals surface area contributed by atoms with E-state index in [1.165, 1.54) is 6.07 Å². The number of aromatic nitrogens is 3. The highest BCUT2D eigenvalue weighted by molar-refractivity contribution is 5.65. The molecule has 4 rings (SSSR count). The molecule has 1 aliphatic heterocycles. The third-order valence-corrected chi connectivity index (χ3v) is 5.99. The maximum atomic E-state index is 14.3. The van der Waals surface area contributed by atoms with Crippen molar-refractivity contribution >= 4 is 5.69 Å². The topological polar surface area (TPSA) is 43.2 Å². The molecule has 2 aromatic heterocycles. The zero-order chi connectivity index (χ0) is 24.5. The number of allylic oxidation sites excluding steroid dienone is 1. The number of benzene rings is 1. The standard InChI is InChI=1S/C27H30F2N4O/c1-6-32(16-18(2)3)24-14-13-22(31-26(24)34-5)23-17-33-15-9-11-20(25(33)30-23)19-10-7-8-12-21(19)27(4,28)29/h6-8,10,12-14,16-17,20H,1,9,11,15H2,2-5H3/t20-/m1/s1. The van der Waals surface area contributed by atoms with Crippen molar-refractivity contribution in [2.24, 2.45) is 0 Å². The Morgan fingerprint density at radius 3 is 2.62 bits per heavy atom. The summed E-state index contributed by atoms with van der Waals surface area (Å²) in [6, 6.07) is 10.6. The van der Waals surface area contributed by atoms with E-state index in [0.29, 0.717) is 22.8 Å². The lowest BCUT2D eigenvalue weighted by Crippen LogP contribution is -2.20. The Balaban J connectivity index is 1.75. The lowest BCUT2D eigenvalue weighted by molar-refractivity contribution is 0.0162. The molecule has 7 heteroatoms. The monoisotopic (exact) mass is 464 g/mol. The molecule has 0 unspecified atom stereocenters. The molecule has 3 heterocycles. The molecule has 0 radical (unpaired) electrons. The van der Waals surface area contributed by atoms with Gasteiger partial charge in [-0.25, -0.2) is 18.7 Å². The fourth-order valence-electron chi connectivity index (χ4n) is 4.52. The van der Waals surface area contributed by atoms with Crippen molar-refractivity contribution < 1.29 is 13.5 Å². The van der Waals surface area contributed by atoms with Crippen LogP contribution in [0.25, 0.3) is 11.4 Å². The van der Waals surface area contributed by atoms with E-state index in [2.05, 4.69) is 11.1 Å². The van der Waals surface area contributed by atoms with Gasteiger partial charge in [0.2, 0.25) is 5.88 Å². The van der Waals surface area contributed by atoms with Gasteiger partial charge in [0.1, 0.15) is 17.2 Å². The molecule has 5 nitrogen and oxygen atoms in total. The van der Waals surface area contributed by atoms with Crippen LogP contribution in [0.2, 0.25) is 0 Å². The van der Waals surface area contributed by atoms with Crippen molar-refractivity contribution in [1.82, 2.24) is 14.5 Å². The molecule has 0 spiro atoms. The number of hydrogen-bond donors (Lipinski definition) is 0. The van der Waals surface area contributed by atoms with Crippen LogP contribution in [0.15, 0.2) is 67.1 Å². The minimum atomic E-state index is -2.92. The van der Waals surface area contributed by atoms with Crippen molar-refractivity contribution in [3.63, 3.8) is 0 Å². The molecule has 0 amide bonds. The van der Waals surface area contributed by atoms with Crippen LogP contribution in [0, 0.1) is 0 Å². The van der Waals surface area contributed by atoms with Crippen LogP contribution in [-0.2, 0) is 12.5 Å². The van der Waals surface area contributed by atoms with Crippen LogP contribution in [0.4, 0.5) is 14.5 Å². The highest BCUT2D eigenvalue weighted by Crippen LogP contribution is 2.41. The van der Waals surface area contributed by atoms with Gasteiger partial charge in [0.25, 0.3) is 5.92 Å². The van der Waals surface area contributed by atoms with Gasteiger partial charge in [-0.15, -0.1) is 0 Å². The number of halogens is 2. The van der Waals surface area contributed by atoms with Gasteiger partial charge in [-0.05, 0) is 44.4 Å². The fourth-order valence-corrected chi connectivity index (χ4v) is 4.52. The SMILES string of the molecule is C=CN(C=C(C)C)c1ccc(-c2cn3c(n2)[C@@H](c2ccccc2C(C)(F)F)CCC3)nc1OC. The average molecular weight is 465 g/mol. The van der Waals surface area contributed by atoms with Gasteiger partial charge in [0.15, 0.2) is 0 Å². The molecule has 1 atom stereocenters. The fraction of sp³-hybridized carbons (Fsp3) is 0.333. The van der Waals surface area contributed by atoms with Crippen LogP contribution in [-0.4, -0.2) is 21.6 Å². The minimum absolute atomic E-state index is 0.0611. The van der Waals surface area contributed by atoms with Crippen LogP contribution >= 0.6 is 0 Å². The van der Waals surface area contributed by atoms with Gasteiger partial charge in [-0.3, -0.25) is 0 Å². The zero-order valence-electron chi connectivity index (χ0n) is 20.1. The van der Waals surface area contributed by atoms with E-state index in [1.807, 2.05) is 49.3 Å². The summed E-state index contributed by atoms with van der Waals surface area (Å²) in [6.45, 7) is 9.63. The van der Waals surface area contributed by atoms with Crippen molar-refractivity contribution in [1.29, 1.82) is 0 Å². The van der Waals surface area contributed by atoms with Gasteiger partial charge >= 0.3 is 0 Å².